The van der Waals surface area contributed by atoms with E-state index in [0.717, 1.165) is 45.2 Å². The molecular formula is C29H46N4O3. The summed E-state index contributed by atoms with van der Waals surface area (Å²) < 4.78 is 5.34. The molecule has 0 radical (unpaired) electrons. The van der Waals surface area contributed by atoms with Gasteiger partial charge in [0.15, 0.2) is 0 Å². The van der Waals surface area contributed by atoms with Gasteiger partial charge in [-0.1, -0.05) is 19.9 Å². The molecule has 1 aliphatic heterocycles. The van der Waals surface area contributed by atoms with Crippen molar-refractivity contribution in [3.8, 4) is 5.75 Å². The maximum atomic E-state index is 13.6. The van der Waals surface area contributed by atoms with E-state index in [-0.39, 0.29) is 11.8 Å². The lowest BCUT2D eigenvalue weighted by Crippen LogP contribution is -2.58. The number of nitrogens with two attached hydrogens (primary N) is 1. The number of carbonyl (C=O) groups excluding carboxylic acids is 2. The highest BCUT2D eigenvalue weighted by atomic mass is 16.5. The Morgan fingerprint density at radius 1 is 1.08 bits per heavy atom. The van der Waals surface area contributed by atoms with Crippen LogP contribution in [0, 0.1) is 17.8 Å². The number of rotatable bonds is 10. The van der Waals surface area contributed by atoms with Crippen molar-refractivity contribution in [2.24, 2.45) is 23.5 Å². The Bertz CT molecular complexity index is 879. The molecule has 2 saturated carbocycles. The maximum absolute atomic E-state index is 13.6. The summed E-state index contributed by atoms with van der Waals surface area (Å²) in [6, 6.07) is 7.79. The van der Waals surface area contributed by atoms with Gasteiger partial charge in [-0.2, -0.15) is 0 Å². The molecule has 3 fully saturated rings. The molecule has 200 valence electrons. The average Bonchev–Trinajstić information content (AvgIpc) is 3.75. The van der Waals surface area contributed by atoms with Crippen molar-refractivity contribution >= 4 is 11.8 Å². The molecular weight excluding hydrogens is 452 g/mol. The molecule has 2 aliphatic carbocycles. The van der Waals surface area contributed by atoms with Crippen molar-refractivity contribution < 1.29 is 14.3 Å². The minimum Gasteiger partial charge on any atom is -0.497 e. The van der Waals surface area contributed by atoms with Crippen molar-refractivity contribution in [2.45, 2.75) is 83.3 Å². The number of methoxy groups -OCH3 is 1. The Morgan fingerprint density at radius 3 is 2.44 bits per heavy atom. The monoisotopic (exact) mass is 498 g/mol. The van der Waals surface area contributed by atoms with E-state index in [1.165, 1.54) is 12.8 Å². The quantitative estimate of drug-likeness (QED) is 0.514. The van der Waals surface area contributed by atoms with Crippen molar-refractivity contribution in [2.75, 3.05) is 33.3 Å². The van der Waals surface area contributed by atoms with Crippen molar-refractivity contribution in [1.29, 1.82) is 0 Å². The van der Waals surface area contributed by atoms with Gasteiger partial charge in [0.05, 0.1) is 7.11 Å². The first kappa shape index (κ1) is 26.9. The van der Waals surface area contributed by atoms with Crippen molar-refractivity contribution in [3.63, 3.8) is 0 Å². The zero-order chi connectivity index (χ0) is 25.7. The SMILES string of the molecule is COc1cccc(C(=O)N2CCC(N(CC(C)C)C3CC3)C[C@@H]2C(=O)NCC2CCC(CN)CC2)c1. The number of nitrogens with one attached hydrogen (secondary N) is 1. The highest BCUT2D eigenvalue weighted by molar-refractivity contribution is 5.98. The Morgan fingerprint density at radius 2 is 1.81 bits per heavy atom. The minimum atomic E-state index is -0.448. The zero-order valence-electron chi connectivity index (χ0n) is 22.5. The molecule has 2 atom stereocenters. The van der Waals surface area contributed by atoms with Gasteiger partial charge in [0.1, 0.15) is 11.8 Å². The van der Waals surface area contributed by atoms with Gasteiger partial charge >= 0.3 is 0 Å². The third kappa shape index (κ3) is 6.80. The average molecular weight is 499 g/mol. The van der Waals surface area contributed by atoms with Crippen LogP contribution in [0.25, 0.3) is 0 Å². The lowest BCUT2D eigenvalue weighted by atomic mass is 9.82. The summed E-state index contributed by atoms with van der Waals surface area (Å²) >= 11 is 0. The van der Waals surface area contributed by atoms with Gasteiger partial charge in [0.2, 0.25) is 5.91 Å². The van der Waals surface area contributed by atoms with Crippen LogP contribution in [-0.4, -0.2) is 73.0 Å². The maximum Gasteiger partial charge on any atom is 0.254 e. The second kappa shape index (κ2) is 12.4. The van der Waals surface area contributed by atoms with Gasteiger partial charge in [0, 0.05) is 37.3 Å². The highest BCUT2D eigenvalue weighted by Crippen LogP contribution is 2.35. The Balaban J connectivity index is 1.47. The number of benzene rings is 1. The largest absolute Gasteiger partial charge is 0.497 e. The van der Waals surface area contributed by atoms with E-state index in [0.29, 0.717) is 60.7 Å². The molecule has 3 aliphatic rings. The molecule has 0 spiro atoms. The fourth-order valence-corrected chi connectivity index (χ4v) is 6.12. The van der Waals surface area contributed by atoms with Crippen LogP contribution in [0.2, 0.25) is 0 Å². The van der Waals surface area contributed by atoms with Gasteiger partial charge in [-0.25, -0.2) is 0 Å². The fourth-order valence-electron chi connectivity index (χ4n) is 6.12. The van der Waals surface area contributed by atoms with Crippen LogP contribution in [0.3, 0.4) is 0 Å². The Hall–Kier alpha value is -2.12. The van der Waals surface area contributed by atoms with Crippen molar-refractivity contribution in [1.82, 2.24) is 15.1 Å². The molecule has 1 heterocycles. The number of hydrogen-bond donors (Lipinski definition) is 2. The second-order valence-electron chi connectivity index (χ2n) is 11.6. The van der Waals surface area contributed by atoms with Gasteiger partial charge in [-0.3, -0.25) is 14.5 Å². The number of nitrogens with zero attached hydrogens (tertiary/aromatic N) is 2. The van der Waals surface area contributed by atoms with Crippen LogP contribution < -0.4 is 15.8 Å². The third-order valence-corrected chi connectivity index (χ3v) is 8.38. The first-order chi connectivity index (χ1) is 17.4. The Kier molecular flexibility index (Phi) is 9.29. The van der Waals surface area contributed by atoms with Crippen LogP contribution in [0.15, 0.2) is 24.3 Å². The topological polar surface area (TPSA) is 87.9 Å². The lowest BCUT2D eigenvalue weighted by molar-refractivity contribution is -0.128. The summed E-state index contributed by atoms with van der Waals surface area (Å²) in [5.41, 5.74) is 6.43. The molecule has 1 aromatic rings. The normalized spacial score (nSPS) is 26.8. The predicted octanol–water partition coefficient (Wildman–Crippen LogP) is 3.67. The van der Waals surface area contributed by atoms with E-state index < -0.39 is 6.04 Å². The van der Waals surface area contributed by atoms with Gasteiger partial charge in [-0.15, -0.1) is 0 Å². The molecule has 7 nitrogen and oxygen atoms in total. The van der Waals surface area contributed by atoms with Crippen LogP contribution in [-0.2, 0) is 4.79 Å². The summed E-state index contributed by atoms with van der Waals surface area (Å²) in [5.74, 6) is 2.28. The van der Waals surface area contributed by atoms with E-state index >= 15 is 0 Å². The molecule has 1 saturated heterocycles. The summed E-state index contributed by atoms with van der Waals surface area (Å²) in [6.45, 7) is 7.63. The summed E-state index contributed by atoms with van der Waals surface area (Å²) in [7, 11) is 1.60. The molecule has 2 amide bonds. The minimum absolute atomic E-state index is 0.00260. The third-order valence-electron chi connectivity index (χ3n) is 8.38. The van der Waals surface area contributed by atoms with Crippen LogP contribution in [0.1, 0.15) is 75.6 Å². The number of hydrogen-bond acceptors (Lipinski definition) is 5. The fraction of sp³-hybridized carbons (Fsp3) is 0.724. The molecule has 1 aromatic carbocycles. The zero-order valence-corrected chi connectivity index (χ0v) is 22.5. The standard InChI is InChI=1S/C29H46N4O3/c1-20(2)19-33(24-11-12-24)25-13-14-32(29(35)23-5-4-6-26(15-23)36-3)27(16-25)28(34)31-18-22-9-7-21(17-30)8-10-22/h4-6,15,20-22,24-25,27H,7-14,16-19,30H2,1-3H3,(H,31,34)/t21?,22?,25?,27-/m1/s1. The number of amides is 2. The van der Waals surface area contributed by atoms with Crippen LogP contribution >= 0.6 is 0 Å². The van der Waals surface area contributed by atoms with Crippen molar-refractivity contribution in [3.05, 3.63) is 29.8 Å². The first-order valence-electron chi connectivity index (χ1n) is 14.1. The number of piperidine rings is 1. The van der Waals surface area contributed by atoms with E-state index in [2.05, 4.69) is 24.1 Å². The molecule has 7 heteroatoms. The summed E-state index contributed by atoms with van der Waals surface area (Å²) in [4.78, 5) is 31.7. The van der Waals surface area contributed by atoms with E-state index in [9.17, 15) is 9.59 Å². The lowest BCUT2D eigenvalue weighted by Gasteiger charge is -2.43. The molecule has 4 rings (SSSR count). The predicted molar refractivity (Wildman–Crippen MR) is 143 cm³/mol. The summed E-state index contributed by atoms with van der Waals surface area (Å²) in [6.07, 6.45) is 8.63. The Labute approximate surface area is 217 Å². The van der Waals surface area contributed by atoms with Gasteiger partial charge in [0.25, 0.3) is 5.91 Å². The smallest absolute Gasteiger partial charge is 0.254 e. The number of carbonyl (C=O) groups is 2. The second-order valence-corrected chi connectivity index (χ2v) is 11.6. The van der Waals surface area contributed by atoms with Crippen LogP contribution in [0.5, 0.6) is 5.75 Å². The molecule has 1 unspecified atom stereocenters. The molecule has 0 aromatic heterocycles. The summed E-state index contributed by atoms with van der Waals surface area (Å²) in [5, 5.41) is 3.25. The van der Waals surface area contributed by atoms with E-state index in [4.69, 9.17) is 10.5 Å². The van der Waals surface area contributed by atoms with Crippen LogP contribution in [0.4, 0.5) is 0 Å². The first-order valence-corrected chi connectivity index (χ1v) is 14.1. The molecule has 36 heavy (non-hydrogen) atoms. The van der Waals surface area contributed by atoms with Gasteiger partial charge < -0.3 is 20.7 Å². The van der Waals surface area contributed by atoms with E-state index in [1.807, 2.05) is 23.1 Å². The van der Waals surface area contributed by atoms with E-state index in [1.54, 1.807) is 13.2 Å². The number of likely N-dealkylation sites (tertiary alicyclic amines) is 1. The number of ether oxygens (including phenoxy) is 1. The molecule has 0 bridgehead atoms. The van der Waals surface area contributed by atoms with Gasteiger partial charge in [-0.05, 0) is 93.9 Å². The molecule has 3 N–H and O–H groups in total. The highest BCUT2D eigenvalue weighted by Gasteiger charge is 2.42.